The van der Waals surface area contributed by atoms with Crippen molar-refractivity contribution in [2.24, 2.45) is 0 Å². The number of rotatable bonds is 4. The van der Waals surface area contributed by atoms with Gasteiger partial charge in [0.2, 0.25) is 4.77 Å². The third-order valence-corrected chi connectivity index (χ3v) is 5.14. The van der Waals surface area contributed by atoms with Crippen LogP contribution in [0.25, 0.3) is 28.0 Å². The van der Waals surface area contributed by atoms with Gasteiger partial charge >= 0.3 is 0 Å². The molecule has 0 aliphatic rings. The molecule has 5 nitrogen and oxygen atoms in total. The monoisotopic (exact) mass is 441 g/mol. The lowest BCUT2D eigenvalue weighted by atomic mass is 10.1. The highest BCUT2D eigenvalue weighted by Gasteiger charge is 2.12. The van der Waals surface area contributed by atoms with Crippen LogP contribution in [0.4, 0.5) is 0 Å². The van der Waals surface area contributed by atoms with Crippen molar-refractivity contribution in [3.8, 4) is 33.9 Å². The number of benzene rings is 2. The third-order valence-electron chi connectivity index (χ3n) is 4.35. The van der Waals surface area contributed by atoms with Gasteiger partial charge in [-0.3, -0.25) is 4.40 Å². The number of fused-ring (bicyclic) bond motifs is 1. The van der Waals surface area contributed by atoms with Gasteiger partial charge in [0, 0.05) is 28.0 Å². The molecule has 0 saturated heterocycles. The highest BCUT2D eigenvalue weighted by molar-refractivity contribution is 9.10. The lowest BCUT2D eigenvalue weighted by Gasteiger charge is -2.08. The molecule has 0 saturated carbocycles. The number of hydrogen-bond donors (Lipinski definition) is 1. The third kappa shape index (κ3) is 3.24. The van der Waals surface area contributed by atoms with E-state index in [0.29, 0.717) is 16.3 Å². The van der Waals surface area contributed by atoms with E-state index in [9.17, 15) is 0 Å². The topological polar surface area (TPSA) is 51.5 Å². The molecule has 0 bridgehead atoms. The van der Waals surface area contributed by atoms with E-state index >= 15 is 0 Å². The molecule has 4 aromatic rings. The summed E-state index contributed by atoms with van der Waals surface area (Å²) in [6, 6.07) is 13.9. The summed E-state index contributed by atoms with van der Waals surface area (Å²) in [7, 11) is 3.24. The summed E-state index contributed by atoms with van der Waals surface area (Å²) in [6.45, 7) is 0. The van der Waals surface area contributed by atoms with Crippen molar-refractivity contribution >= 4 is 33.8 Å². The highest BCUT2D eigenvalue weighted by Crippen LogP contribution is 2.33. The second-order valence-electron chi connectivity index (χ2n) is 5.92. The van der Waals surface area contributed by atoms with Crippen LogP contribution < -0.4 is 9.47 Å². The molecule has 2 aromatic carbocycles. The normalized spacial score (nSPS) is 10.9. The number of methoxy groups -OCH3 is 2. The summed E-state index contributed by atoms with van der Waals surface area (Å²) in [5.74, 6) is 1.35. The summed E-state index contributed by atoms with van der Waals surface area (Å²) in [4.78, 5) is 7.85. The SMILES string of the molecule is COc1ccc(-c2cn3c(=S)ncc(-c4cccc(Br)c4)c3[nH]2)cc1OC. The molecule has 0 unspecified atom stereocenters. The van der Waals surface area contributed by atoms with Crippen LogP contribution in [0.2, 0.25) is 0 Å². The fourth-order valence-corrected chi connectivity index (χ4v) is 3.62. The molecule has 0 aliphatic heterocycles. The predicted octanol–water partition coefficient (Wildman–Crippen LogP) is 5.51. The fraction of sp³-hybridized carbons (Fsp3) is 0.100. The van der Waals surface area contributed by atoms with Crippen molar-refractivity contribution in [2.75, 3.05) is 14.2 Å². The van der Waals surface area contributed by atoms with E-state index in [-0.39, 0.29) is 0 Å². The van der Waals surface area contributed by atoms with Gasteiger partial charge in [0.1, 0.15) is 5.65 Å². The van der Waals surface area contributed by atoms with E-state index in [1.165, 1.54) is 0 Å². The Morgan fingerprint density at radius 2 is 1.85 bits per heavy atom. The van der Waals surface area contributed by atoms with Crippen LogP contribution in [0.1, 0.15) is 0 Å². The first kappa shape index (κ1) is 17.8. The van der Waals surface area contributed by atoms with Crippen LogP contribution in [0.3, 0.4) is 0 Å². The van der Waals surface area contributed by atoms with Gasteiger partial charge < -0.3 is 14.5 Å². The Kier molecular flexibility index (Phi) is 4.72. The predicted molar refractivity (Wildman–Crippen MR) is 112 cm³/mol. The van der Waals surface area contributed by atoms with Gasteiger partial charge in [0.05, 0.1) is 19.9 Å². The summed E-state index contributed by atoms with van der Waals surface area (Å²) >= 11 is 8.94. The molecule has 7 heteroatoms. The Bertz CT molecular complexity index is 1200. The van der Waals surface area contributed by atoms with Gasteiger partial charge in [0.15, 0.2) is 11.5 Å². The van der Waals surface area contributed by atoms with Gasteiger partial charge in [-0.25, -0.2) is 4.98 Å². The lowest BCUT2D eigenvalue weighted by molar-refractivity contribution is 0.355. The van der Waals surface area contributed by atoms with Crippen molar-refractivity contribution < 1.29 is 9.47 Å². The minimum Gasteiger partial charge on any atom is -0.493 e. The van der Waals surface area contributed by atoms with Crippen LogP contribution in [-0.2, 0) is 0 Å². The standard InChI is InChI=1S/C20H16BrN3O2S/c1-25-17-7-6-13(9-18(17)26-2)16-11-24-19(23-16)15(10-22-20(24)27)12-4-3-5-14(21)8-12/h3-11,23H,1-2H3. The first-order valence-electron chi connectivity index (χ1n) is 8.19. The quantitative estimate of drug-likeness (QED) is 0.424. The zero-order valence-corrected chi connectivity index (χ0v) is 17.1. The van der Waals surface area contributed by atoms with Crippen molar-refractivity contribution in [2.45, 2.75) is 0 Å². The molecule has 136 valence electrons. The number of ether oxygens (including phenoxy) is 2. The van der Waals surface area contributed by atoms with E-state index < -0.39 is 0 Å². The van der Waals surface area contributed by atoms with Gasteiger partial charge in [-0.1, -0.05) is 28.1 Å². The largest absolute Gasteiger partial charge is 0.493 e. The van der Waals surface area contributed by atoms with E-state index in [4.69, 9.17) is 21.7 Å². The van der Waals surface area contributed by atoms with Crippen LogP contribution in [-0.4, -0.2) is 28.6 Å². The van der Waals surface area contributed by atoms with Crippen molar-refractivity contribution in [3.63, 3.8) is 0 Å². The maximum Gasteiger partial charge on any atom is 0.205 e. The average Bonchev–Trinajstić information content (AvgIpc) is 3.14. The van der Waals surface area contributed by atoms with Crippen LogP contribution in [0, 0.1) is 4.77 Å². The van der Waals surface area contributed by atoms with Gasteiger partial charge in [0.25, 0.3) is 0 Å². The van der Waals surface area contributed by atoms with E-state index in [1.807, 2.05) is 47.0 Å². The minimum absolute atomic E-state index is 0.492. The molecule has 0 radical (unpaired) electrons. The average molecular weight is 442 g/mol. The van der Waals surface area contributed by atoms with E-state index in [1.54, 1.807) is 20.4 Å². The summed E-state index contributed by atoms with van der Waals surface area (Å²) < 4.78 is 14.1. The van der Waals surface area contributed by atoms with Crippen molar-refractivity contribution in [1.29, 1.82) is 0 Å². The molecule has 2 aromatic heterocycles. The number of hydrogen-bond acceptors (Lipinski definition) is 4. The van der Waals surface area contributed by atoms with Gasteiger partial charge in [-0.2, -0.15) is 0 Å². The molecule has 27 heavy (non-hydrogen) atoms. The van der Waals surface area contributed by atoms with E-state index in [2.05, 4.69) is 32.0 Å². The summed E-state index contributed by atoms with van der Waals surface area (Å²) in [6.07, 6.45) is 3.75. The molecule has 4 rings (SSSR count). The van der Waals surface area contributed by atoms with Gasteiger partial charge in [-0.15, -0.1) is 0 Å². The second kappa shape index (κ2) is 7.17. The number of nitrogens with zero attached hydrogens (tertiary/aromatic N) is 2. The number of nitrogens with one attached hydrogen (secondary N) is 1. The Labute approximate surface area is 169 Å². The first-order valence-corrected chi connectivity index (χ1v) is 9.39. The maximum atomic E-state index is 5.42. The number of H-pyrrole nitrogens is 1. The Hall–Kier alpha value is -2.64. The Morgan fingerprint density at radius 1 is 1.04 bits per heavy atom. The summed E-state index contributed by atoms with van der Waals surface area (Å²) in [5.41, 5.74) is 4.77. The highest BCUT2D eigenvalue weighted by atomic mass is 79.9. The van der Waals surface area contributed by atoms with Crippen LogP contribution in [0.15, 0.2) is 59.3 Å². The maximum absolute atomic E-state index is 5.42. The van der Waals surface area contributed by atoms with Crippen molar-refractivity contribution in [1.82, 2.24) is 14.4 Å². The molecule has 0 fully saturated rings. The van der Waals surface area contributed by atoms with Crippen LogP contribution >= 0.6 is 28.1 Å². The smallest absolute Gasteiger partial charge is 0.205 e. The zero-order chi connectivity index (χ0) is 19.0. The molecule has 0 aliphatic carbocycles. The molecule has 0 atom stereocenters. The molecule has 1 N–H and O–H groups in total. The van der Waals surface area contributed by atoms with Crippen LogP contribution in [0.5, 0.6) is 11.5 Å². The number of aromatic amines is 1. The van der Waals surface area contributed by atoms with E-state index in [0.717, 1.165) is 32.5 Å². The Morgan fingerprint density at radius 3 is 2.59 bits per heavy atom. The van der Waals surface area contributed by atoms with Gasteiger partial charge in [-0.05, 0) is 48.1 Å². The minimum atomic E-state index is 0.492. The number of aromatic nitrogens is 3. The molecule has 2 heterocycles. The number of halogens is 1. The molecule has 0 spiro atoms. The lowest BCUT2D eigenvalue weighted by Crippen LogP contribution is -1.92. The first-order chi connectivity index (χ1) is 13.1. The Balaban J connectivity index is 1.91. The summed E-state index contributed by atoms with van der Waals surface area (Å²) in [5, 5.41) is 0. The number of imidazole rings is 1. The second-order valence-corrected chi connectivity index (χ2v) is 7.20. The van der Waals surface area contributed by atoms with Crippen molar-refractivity contribution in [3.05, 3.63) is 64.1 Å². The molecular formula is C20H16BrN3O2S. The molecular weight excluding hydrogens is 426 g/mol. The zero-order valence-electron chi connectivity index (χ0n) is 14.7. The fourth-order valence-electron chi connectivity index (χ4n) is 3.02. The molecule has 0 amide bonds.